The summed E-state index contributed by atoms with van der Waals surface area (Å²) in [7, 11) is 0. The molecular weight excluding hydrogens is 198 g/mol. The molecule has 16 heavy (non-hydrogen) atoms. The van der Waals surface area contributed by atoms with Crippen molar-refractivity contribution in [1.29, 1.82) is 0 Å². The van der Waals surface area contributed by atoms with Gasteiger partial charge in [0.05, 0.1) is 0 Å². The van der Waals surface area contributed by atoms with Gasteiger partial charge in [-0.3, -0.25) is 0 Å². The van der Waals surface area contributed by atoms with Gasteiger partial charge >= 0.3 is 0 Å². The van der Waals surface area contributed by atoms with Gasteiger partial charge in [-0.2, -0.15) is 0 Å². The fraction of sp³-hybridized carbons (Fsp3) is 0.769. The molecule has 1 saturated carbocycles. The Balaban J connectivity index is 1.89. The zero-order valence-electron chi connectivity index (χ0n) is 10.6. The molecule has 1 N–H and O–H groups in total. The van der Waals surface area contributed by atoms with Gasteiger partial charge in [0.2, 0.25) is 5.95 Å². The van der Waals surface area contributed by atoms with Crippen LogP contribution in [0.4, 0.5) is 5.95 Å². The predicted octanol–water partition coefficient (Wildman–Crippen LogP) is 3.14. The van der Waals surface area contributed by atoms with Crippen molar-refractivity contribution in [1.82, 2.24) is 9.55 Å². The molecule has 0 aromatic carbocycles. The van der Waals surface area contributed by atoms with Crippen LogP contribution >= 0.6 is 0 Å². The standard InChI is InChI=1S/C13H23N3/c1-10(2)9-16-7-6-14-13(16)15-11(3)8-12-4-5-12/h6-7,10-12H,4-5,8-9H2,1-3H3,(H,14,15). The van der Waals surface area contributed by atoms with Crippen LogP contribution in [0.3, 0.4) is 0 Å². The maximum Gasteiger partial charge on any atom is 0.202 e. The zero-order valence-corrected chi connectivity index (χ0v) is 10.6. The SMILES string of the molecule is CC(C)Cn1ccnc1NC(C)CC1CC1. The van der Waals surface area contributed by atoms with Crippen molar-refractivity contribution in [3.8, 4) is 0 Å². The van der Waals surface area contributed by atoms with Crippen LogP contribution in [-0.2, 0) is 6.54 Å². The number of hydrogen-bond acceptors (Lipinski definition) is 2. The van der Waals surface area contributed by atoms with E-state index < -0.39 is 0 Å². The second kappa shape index (κ2) is 4.89. The fourth-order valence-corrected chi connectivity index (χ4v) is 2.12. The number of nitrogens with zero attached hydrogens (tertiary/aromatic N) is 2. The summed E-state index contributed by atoms with van der Waals surface area (Å²) in [6.07, 6.45) is 8.08. The first-order valence-corrected chi connectivity index (χ1v) is 6.43. The van der Waals surface area contributed by atoms with Gasteiger partial charge in [-0.1, -0.05) is 26.7 Å². The molecule has 1 aromatic rings. The summed E-state index contributed by atoms with van der Waals surface area (Å²) in [6.45, 7) is 7.76. The number of aromatic nitrogens is 2. The van der Waals surface area contributed by atoms with E-state index in [4.69, 9.17) is 0 Å². The smallest absolute Gasteiger partial charge is 0.202 e. The molecule has 0 bridgehead atoms. The van der Waals surface area contributed by atoms with Gasteiger partial charge in [0.15, 0.2) is 0 Å². The van der Waals surface area contributed by atoms with Crippen LogP contribution in [-0.4, -0.2) is 15.6 Å². The van der Waals surface area contributed by atoms with E-state index in [1.165, 1.54) is 19.3 Å². The summed E-state index contributed by atoms with van der Waals surface area (Å²) in [4.78, 5) is 4.39. The highest BCUT2D eigenvalue weighted by Crippen LogP contribution is 2.33. The molecule has 0 spiro atoms. The first-order chi connectivity index (χ1) is 7.65. The van der Waals surface area contributed by atoms with Crippen molar-refractivity contribution in [2.45, 2.75) is 52.6 Å². The summed E-state index contributed by atoms with van der Waals surface area (Å²) in [5, 5.41) is 3.52. The van der Waals surface area contributed by atoms with Crippen LogP contribution in [0.25, 0.3) is 0 Å². The Labute approximate surface area is 98.3 Å². The molecule has 1 aliphatic carbocycles. The lowest BCUT2D eigenvalue weighted by Gasteiger charge is -2.16. The lowest BCUT2D eigenvalue weighted by Crippen LogP contribution is -2.19. The van der Waals surface area contributed by atoms with Gasteiger partial charge in [-0.05, 0) is 25.2 Å². The average molecular weight is 221 g/mol. The molecule has 0 aliphatic heterocycles. The predicted molar refractivity (Wildman–Crippen MR) is 67.5 cm³/mol. The molecule has 1 fully saturated rings. The topological polar surface area (TPSA) is 29.9 Å². The van der Waals surface area contributed by atoms with Crippen molar-refractivity contribution in [3.05, 3.63) is 12.4 Å². The number of anilines is 1. The highest BCUT2D eigenvalue weighted by molar-refractivity contribution is 5.27. The lowest BCUT2D eigenvalue weighted by atomic mass is 10.2. The summed E-state index contributed by atoms with van der Waals surface area (Å²) < 4.78 is 2.22. The Hall–Kier alpha value is -0.990. The molecule has 0 amide bonds. The molecule has 3 heteroatoms. The molecule has 1 aliphatic rings. The number of imidazole rings is 1. The fourth-order valence-electron chi connectivity index (χ4n) is 2.12. The molecule has 2 rings (SSSR count). The Morgan fingerprint density at radius 3 is 2.81 bits per heavy atom. The van der Waals surface area contributed by atoms with E-state index in [2.05, 4.69) is 41.8 Å². The van der Waals surface area contributed by atoms with E-state index in [0.717, 1.165) is 18.4 Å². The number of rotatable bonds is 6. The van der Waals surface area contributed by atoms with Crippen molar-refractivity contribution in [2.75, 3.05) is 5.32 Å². The summed E-state index contributed by atoms with van der Waals surface area (Å²) in [5.41, 5.74) is 0. The molecule has 1 atom stereocenters. The van der Waals surface area contributed by atoms with Gasteiger partial charge in [0.25, 0.3) is 0 Å². The Morgan fingerprint density at radius 2 is 2.19 bits per heavy atom. The maximum absolute atomic E-state index is 4.39. The molecule has 3 nitrogen and oxygen atoms in total. The van der Waals surface area contributed by atoms with E-state index in [1.54, 1.807) is 0 Å². The largest absolute Gasteiger partial charge is 0.353 e. The summed E-state index contributed by atoms with van der Waals surface area (Å²) in [5.74, 6) is 2.66. The van der Waals surface area contributed by atoms with Crippen molar-refractivity contribution >= 4 is 5.95 Å². The Morgan fingerprint density at radius 1 is 1.44 bits per heavy atom. The molecule has 1 unspecified atom stereocenters. The molecule has 0 saturated heterocycles. The molecule has 1 heterocycles. The molecule has 1 aromatic heterocycles. The first-order valence-electron chi connectivity index (χ1n) is 6.43. The van der Waals surface area contributed by atoms with Crippen LogP contribution in [0.15, 0.2) is 12.4 Å². The quantitative estimate of drug-likeness (QED) is 0.799. The van der Waals surface area contributed by atoms with Crippen LogP contribution < -0.4 is 5.32 Å². The zero-order chi connectivity index (χ0) is 11.5. The number of hydrogen-bond donors (Lipinski definition) is 1. The van der Waals surface area contributed by atoms with E-state index in [0.29, 0.717) is 12.0 Å². The first kappa shape index (κ1) is 11.5. The lowest BCUT2D eigenvalue weighted by molar-refractivity contribution is 0.522. The van der Waals surface area contributed by atoms with Crippen molar-refractivity contribution in [2.24, 2.45) is 11.8 Å². The van der Waals surface area contributed by atoms with Gasteiger partial charge in [-0.15, -0.1) is 0 Å². The molecule has 90 valence electrons. The van der Waals surface area contributed by atoms with E-state index in [9.17, 15) is 0 Å². The van der Waals surface area contributed by atoms with E-state index in [-0.39, 0.29) is 0 Å². The van der Waals surface area contributed by atoms with Crippen LogP contribution in [0.5, 0.6) is 0 Å². The van der Waals surface area contributed by atoms with Gasteiger partial charge in [-0.25, -0.2) is 4.98 Å². The third kappa shape index (κ3) is 3.26. The summed E-state index contributed by atoms with van der Waals surface area (Å²) >= 11 is 0. The number of nitrogens with one attached hydrogen (secondary N) is 1. The van der Waals surface area contributed by atoms with Gasteiger partial charge < -0.3 is 9.88 Å². The summed E-state index contributed by atoms with van der Waals surface area (Å²) in [6, 6.07) is 0.542. The third-order valence-corrected chi connectivity index (χ3v) is 3.04. The van der Waals surface area contributed by atoms with Crippen LogP contribution in [0.2, 0.25) is 0 Å². The van der Waals surface area contributed by atoms with E-state index >= 15 is 0 Å². The van der Waals surface area contributed by atoms with E-state index in [1.807, 2.05) is 6.20 Å². The molecule has 0 radical (unpaired) electrons. The van der Waals surface area contributed by atoms with Gasteiger partial charge in [0.1, 0.15) is 0 Å². The minimum Gasteiger partial charge on any atom is -0.353 e. The van der Waals surface area contributed by atoms with Crippen molar-refractivity contribution < 1.29 is 0 Å². The van der Waals surface area contributed by atoms with Crippen molar-refractivity contribution in [3.63, 3.8) is 0 Å². The molecular formula is C13H23N3. The maximum atomic E-state index is 4.39. The van der Waals surface area contributed by atoms with Gasteiger partial charge in [0, 0.05) is 25.0 Å². The normalized spacial score (nSPS) is 17.8. The second-order valence-corrected chi connectivity index (χ2v) is 5.52. The Kier molecular flexibility index (Phi) is 3.52. The minimum atomic E-state index is 0.542. The van der Waals surface area contributed by atoms with Crippen LogP contribution in [0, 0.1) is 11.8 Å². The van der Waals surface area contributed by atoms with Crippen LogP contribution in [0.1, 0.15) is 40.0 Å². The highest BCUT2D eigenvalue weighted by Gasteiger charge is 2.23. The second-order valence-electron chi connectivity index (χ2n) is 5.52. The minimum absolute atomic E-state index is 0.542. The Bertz CT molecular complexity index is 326. The third-order valence-electron chi connectivity index (χ3n) is 3.04. The monoisotopic (exact) mass is 221 g/mol. The average Bonchev–Trinajstić information content (AvgIpc) is 2.89. The highest BCUT2D eigenvalue weighted by atomic mass is 15.2.